The molecule has 6 unspecified atom stereocenters. The van der Waals surface area contributed by atoms with E-state index in [0.717, 1.165) is 28.1 Å². The number of H-pyrrole nitrogens is 2. The van der Waals surface area contributed by atoms with Gasteiger partial charge in [0.2, 0.25) is 17.7 Å². The number of phosphoric ester groups is 3. The molecule has 0 amide bonds. The lowest BCUT2D eigenvalue weighted by atomic mass is 10.1. The fourth-order valence-electron chi connectivity index (χ4n) is 7.57. The van der Waals surface area contributed by atoms with Crippen molar-refractivity contribution in [1.82, 2.24) is 53.6 Å². The number of phosphoric acid groups is 4. The van der Waals surface area contributed by atoms with Gasteiger partial charge in [0, 0.05) is 7.11 Å². The predicted octanol–water partition coefficient (Wildman–Crippen LogP) is -5.73. The highest BCUT2D eigenvalue weighted by Gasteiger charge is 2.49. The summed E-state index contributed by atoms with van der Waals surface area (Å²) in [5.74, 6) is -0.723. The van der Waals surface area contributed by atoms with Gasteiger partial charge in [-0.05, 0) is 0 Å². The number of aromatic amines is 2. The summed E-state index contributed by atoms with van der Waals surface area (Å²) in [6, 6.07) is 0. The molecule has 2 aliphatic rings. The van der Waals surface area contributed by atoms with Crippen molar-refractivity contribution in [1.29, 1.82) is 0 Å². The van der Waals surface area contributed by atoms with Gasteiger partial charge in [0.1, 0.15) is 54.6 Å². The van der Waals surface area contributed by atoms with E-state index in [2.05, 4.69) is 53.0 Å². The minimum Gasteiger partial charge on any atom is -0.756 e. The number of aliphatic hydroxyl groups is 4. The fourth-order valence-corrected chi connectivity index (χ4v) is 11.8. The molecule has 14 atom stereocenters. The van der Waals surface area contributed by atoms with Crippen LogP contribution in [0.5, 0.6) is 0 Å². The van der Waals surface area contributed by atoms with Gasteiger partial charge < -0.3 is 89.7 Å². The van der Waals surface area contributed by atoms with Crippen LogP contribution in [0.1, 0.15) is 18.7 Å². The van der Waals surface area contributed by atoms with Crippen molar-refractivity contribution in [2.24, 2.45) is 7.05 Å². The number of rotatable bonds is 23. The summed E-state index contributed by atoms with van der Waals surface area (Å²) in [6.45, 7) is -5.17. The number of hydrogen-bond donors (Lipinski definition) is 11. The first-order valence-electron chi connectivity index (χ1n) is 21.0. The van der Waals surface area contributed by atoms with Crippen molar-refractivity contribution < 1.29 is 108 Å². The van der Waals surface area contributed by atoms with Gasteiger partial charge in [0.25, 0.3) is 32.7 Å². The summed E-state index contributed by atoms with van der Waals surface area (Å²) in [5, 5.41) is 42.9. The Morgan fingerprint density at radius 2 is 1.40 bits per heavy atom. The lowest BCUT2D eigenvalue weighted by molar-refractivity contribution is -0.745. The number of anilines is 3. The third-order valence-corrected chi connectivity index (χ3v) is 16.0. The SMILES string of the molecule is COC[C@@H](O[C@@H](COP(=O)([O-])OC[C@H]1O[C@@H](n2cnc3c(=O)[nH]c(N)nc32)C(O)[C@H]1O)COP(=O)(O)OP(=O)(O)OP(=O)([O-])OC[C@H]1O[C@@H]([n+]2cn(C)c3c(=O)[nH]c(N)nc32)[C@@H](O)C1O)n1cnc2c(N)ncnc21. The second kappa shape index (κ2) is 21.7. The van der Waals surface area contributed by atoms with Crippen molar-refractivity contribution in [3.05, 3.63) is 46.0 Å². The van der Waals surface area contributed by atoms with E-state index in [9.17, 15) is 67.8 Å². The molecule has 2 fully saturated rings. The van der Waals surface area contributed by atoms with Crippen LogP contribution in [0.25, 0.3) is 33.5 Å². The molecule has 6 aromatic rings. The van der Waals surface area contributed by atoms with Gasteiger partial charge >= 0.3 is 21.3 Å². The number of hydrogen-bond acceptors (Lipinski definition) is 31. The maximum Gasteiger partial charge on any atom is 0.487 e. The van der Waals surface area contributed by atoms with Crippen molar-refractivity contribution >= 4 is 82.5 Å². The molecular formula is C32H44N15O24P4-. The highest BCUT2D eigenvalue weighted by molar-refractivity contribution is 7.66. The van der Waals surface area contributed by atoms with Crippen LogP contribution in [0.3, 0.4) is 0 Å². The zero-order chi connectivity index (χ0) is 54.5. The van der Waals surface area contributed by atoms with E-state index in [1.54, 1.807) is 0 Å². The highest BCUT2D eigenvalue weighted by atomic mass is 31.3. The molecule has 0 bridgehead atoms. The maximum absolute atomic E-state index is 13.1. The summed E-state index contributed by atoms with van der Waals surface area (Å²) >= 11 is 0. The molecule has 43 heteroatoms. The molecule has 2 saturated heterocycles. The van der Waals surface area contributed by atoms with Crippen LogP contribution in [0.4, 0.5) is 17.7 Å². The van der Waals surface area contributed by atoms with Crippen LogP contribution in [0, 0.1) is 0 Å². The van der Waals surface area contributed by atoms with Crippen molar-refractivity contribution in [2.75, 3.05) is 57.3 Å². The number of nitrogens with two attached hydrogens (primary N) is 3. The van der Waals surface area contributed by atoms with Crippen LogP contribution >= 0.6 is 31.3 Å². The van der Waals surface area contributed by atoms with Crippen molar-refractivity contribution in [2.45, 2.75) is 61.4 Å². The second-order valence-corrected chi connectivity index (χ2v) is 22.1. The number of aryl methyl sites for hydroxylation is 1. The van der Waals surface area contributed by atoms with Crippen molar-refractivity contribution in [3.8, 4) is 0 Å². The molecule has 0 aromatic carbocycles. The molecule has 8 rings (SSSR count). The second-order valence-electron chi connectivity index (χ2n) is 16.1. The molecule has 6 aromatic heterocycles. The number of aromatic nitrogens is 12. The van der Waals surface area contributed by atoms with Gasteiger partial charge in [0.05, 0.1) is 52.7 Å². The maximum atomic E-state index is 13.1. The monoisotopic (exact) mass is 1150 g/mol. The van der Waals surface area contributed by atoms with Crippen LogP contribution in [0.15, 0.2) is 34.9 Å². The standard InChI is InChI=1S/C32H45N15O24P4/c1-44-11-47(26-18(44)28(53)43-32(35)41-26)30-22(51)20(49)14(69-30)6-66-74(58,59)71-75(60,61)70-73(56,57)64-4-12(67-15(7-62-2)45-9-38-16-23(33)36-8-37-24(16)45)3-63-72(54,55)65-5-13-19(48)21(50)29(68-13)46-10-39-17-25(46)40-31(34)42-27(17)52/h8-15,19-22,29-30,48-51H,3-7H2,1-2H3,(H11-,33,34,35,36,37,40,41,42,43,52,53,54,55,56,57,58,59,60,61)/p-1/t12-,13+,14+,15+,19-,20?,21?,22-,29+,30+/m0/s1. The van der Waals surface area contributed by atoms with E-state index >= 15 is 0 Å². The first kappa shape index (κ1) is 56.1. The van der Waals surface area contributed by atoms with Gasteiger partial charge in [-0.25, -0.2) is 37.9 Å². The van der Waals surface area contributed by atoms with Gasteiger partial charge in [-0.2, -0.15) is 9.29 Å². The number of ether oxygens (including phenoxy) is 4. The molecule has 412 valence electrons. The van der Waals surface area contributed by atoms with Crippen LogP contribution in [0.2, 0.25) is 0 Å². The number of nitrogens with zero attached hydrogens (tertiary/aromatic N) is 10. The molecule has 14 N–H and O–H groups in total. The van der Waals surface area contributed by atoms with E-state index in [1.807, 2.05) is 0 Å². The summed E-state index contributed by atoms with van der Waals surface area (Å²) in [6.07, 6.45) is -12.5. The first-order valence-corrected chi connectivity index (χ1v) is 27.0. The Bertz CT molecular complexity index is 3390. The number of fused-ring (bicyclic) bond motifs is 3. The molecular weight excluding hydrogens is 1100 g/mol. The summed E-state index contributed by atoms with van der Waals surface area (Å²) in [7, 11) is -21.3. The Labute approximate surface area is 415 Å². The van der Waals surface area contributed by atoms with Gasteiger partial charge in [0.15, 0.2) is 41.4 Å². The number of nitrogen functional groups attached to an aromatic ring is 3. The van der Waals surface area contributed by atoms with Crippen molar-refractivity contribution in [3.63, 3.8) is 0 Å². The van der Waals surface area contributed by atoms with Gasteiger partial charge in [-0.15, -0.1) is 0 Å². The van der Waals surface area contributed by atoms with Crippen LogP contribution in [-0.4, -0.2) is 167 Å². The van der Waals surface area contributed by atoms with E-state index in [4.69, 9.17) is 49.7 Å². The third kappa shape index (κ3) is 12.3. The summed E-state index contributed by atoms with van der Waals surface area (Å²) in [5.41, 5.74) is 15.3. The van der Waals surface area contributed by atoms with Gasteiger partial charge in [-0.1, -0.05) is 4.98 Å². The molecule has 39 nitrogen and oxygen atoms in total. The largest absolute Gasteiger partial charge is 0.756 e. The lowest BCUT2D eigenvalue weighted by Gasteiger charge is -2.30. The van der Waals surface area contributed by atoms with E-state index in [-0.39, 0.29) is 51.2 Å². The van der Waals surface area contributed by atoms with Crippen LogP contribution in [-0.2, 0) is 71.0 Å². The Morgan fingerprint density at radius 3 is 2.12 bits per heavy atom. The summed E-state index contributed by atoms with van der Waals surface area (Å²) in [4.78, 5) is 99.7. The average molecular weight is 1150 g/mol. The minimum absolute atomic E-state index is 0.0292. The molecule has 0 radical (unpaired) electrons. The number of methoxy groups -OCH3 is 1. The zero-order valence-electron chi connectivity index (χ0n) is 38.1. The Balaban J connectivity index is 0.913. The topological polar surface area (TPSA) is 568 Å². The molecule has 8 heterocycles. The average Bonchev–Trinajstić information content (AvgIpc) is 4.13. The van der Waals surface area contributed by atoms with E-state index < -0.39 is 137 Å². The number of aliphatic hydroxyl groups excluding tert-OH is 4. The normalized spacial score (nSPS) is 26.3. The number of nitrogens with one attached hydrogen (secondary N) is 2. The van der Waals surface area contributed by atoms with Gasteiger partial charge in [-0.3, -0.25) is 46.9 Å². The quantitative estimate of drug-likeness (QED) is 0.0210. The molecule has 0 saturated carbocycles. The molecule has 75 heavy (non-hydrogen) atoms. The minimum atomic E-state index is -6.27. The third-order valence-electron chi connectivity index (χ3n) is 10.9. The highest BCUT2D eigenvalue weighted by Crippen LogP contribution is 2.66. The molecule has 0 spiro atoms. The predicted molar refractivity (Wildman–Crippen MR) is 237 cm³/mol. The summed E-state index contributed by atoms with van der Waals surface area (Å²) < 4.78 is 106. The van der Waals surface area contributed by atoms with E-state index in [1.165, 1.54) is 29.6 Å². The Morgan fingerprint density at radius 1 is 0.760 bits per heavy atom. The Hall–Kier alpha value is -5.15. The first-order chi connectivity index (χ1) is 35.2. The fraction of sp³-hybridized carbons (Fsp3) is 0.531. The Kier molecular flexibility index (Phi) is 16.2. The van der Waals surface area contributed by atoms with Crippen LogP contribution < -0.4 is 42.7 Å². The zero-order valence-corrected chi connectivity index (χ0v) is 41.7. The lowest BCUT2D eigenvalue weighted by Crippen LogP contribution is -2.46. The molecule has 0 aliphatic carbocycles. The molecule has 2 aliphatic heterocycles. The van der Waals surface area contributed by atoms with E-state index in [0.29, 0.717) is 0 Å². The smallest absolute Gasteiger partial charge is 0.487 e. The number of imidazole rings is 3.